The summed E-state index contributed by atoms with van der Waals surface area (Å²) in [6.07, 6.45) is -11.8. The Labute approximate surface area is 363 Å². The van der Waals surface area contributed by atoms with Gasteiger partial charge in [-0.2, -0.15) is 0 Å². The molecule has 24 heteroatoms. The molecule has 0 aliphatic rings. The number of aliphatic hydroxyl groups excluding tert-OH is 9. The Morgan fingerprint density at radius 1 is 0.806 bits per heavy atom. The lowest BCUT2D eigenvalue weighted by molar-refractivity contribution is -0.676. The van der Waals surface area contributed by atoms with Gasteiger partial charge in [-0.25, -0.2) is 19.1 Å². The maximum Gasteiger partial charge on any atom is 0.277 e. The van der Waals surface area contributed by atoms with E-state index in [1.54, 1.807) is 12.1 Å². The molecule has 0 spiro atoms. The number of nitrogens with zero attached hydrogens (tertiary/aromatic N) is 5. The number of halogens is 1. The molecule has 3 rings (SSSR count). The summed E-state index contributed by atoms with van der Waals surface area (Å²) in [5.74, 6) is -0.323. The van der Waals surface area contributed by atoms with Crippen LogP contribution in [0.3, 0.4) is 0 Å². The minimum Gasteiger partial charge on any atom is -0.396 e. The number of carbonyl (C=O) groups is 2. The number of benzene rings is 1. The third kappa shape index (κ3) is 15.1. The average Bonchev–Trinajstić information content (AvgIpc) is 3.57. The molecule has 2 amide bonds. The summed E-state index contributed by atoms with van der Waals surface area (Å²) in [7, 11) is 0. The van der Waals surface area contributed by atoms with E-state index in [9.17, 15) is 45.3 Å². The number of carbonyl (C=O) groups excluding carboxylic acids is 2. The molecule has 0 aliphatic carbocycles. The zero-order chi connectivity index (χ0) is 45.9. The lowest BCUT2D eigenvalue weighted by Crippen LogP contribution is -2.52. The van der Waals surface area contributed by atoms with Crippen molar-refractivity contribution in [3.05, 3.63) is 40.4 Å². The number of aryl methyl sites for hydroxylation is 2. The summed E-state index contributed by atoms with van der Waals surface area (Å²) in [5.41, 5.74) is 13.4. The lowest BCUT2D eigenvalue weighted by atomic mass is 10.0. The molecule has 1 aromatic carbocycles. The van der Waals surface area contributed by atoms with Crippen LogP contribution in [-0.4, -0.2) is 199 Å². The zero-order valence-corrected chi connectivity index (χ0v) is 35.7. The van der Waals surface area contributed by atoms with Crippen LogP contribution in [0, 0.1) is 0 Å². The molecule has 0 fully saturated rings. The number of rotatable bonds is 30. The molecular weight excluding hydrogens is 842 g/mol. The fraction of sp³-hybridized carbons (Fsp3) is 0.658. The van der Waals surface area contributed by atoms with E-state index in [0.717, 1.165) is 16.9 Å². The number of ether oxygens (including phenoxy) is 3. The van der Waals surface area contributed by atoms with Gasteiger partial charge in [0, 0.05) is 44.4 Å². The van der Waals surface area contributed by atoms with Crippen molar-refractivity contribution in [2.45, 2.75) is 82.6 Å². The van der Waals surface area contributed by atoms with E-state index in [4.69, 9.17) is 47.5 Å². The predicted octanol–water partition coefficient (Wildman–Crippen LogP) is -4.51. The molecule has 0 saturated heterocycles. The van der Waals surface area contributed by atoms with E-state index in [1.807, 2.05) is 29.0 Å². The van der Waals surface area contributed by atoms with Crippen molar-refractivity contribution < 1.29 is 74.3 Å². The highest BCUT2D eigenvalue weighted by Crippen LogP contribution is 2.20. The highest BCUT2D eigenvalue weighted by molar-refractivity contribution is 6.31. The number of nitrogens with one attached hydrogen (secondary N) is 2. The quantitative estimate of drug-likeness (QED) is 0.0221. The fourth-order valence-corrected chi connectivity index (χ4v) is 6.61. The van der Waals surface area contributed by atoms with Crippen LogP contribution in [0.5, 0.6) is 0 Å². The van der Waals surface area contributed by atoms with Crippen molar-refractivity contribution in [3.8, 4) is 0 Å². The van der Waals surface area contributed by atoms with Crippen molar-refractivity contribution in [2.24, 2.45) is 0 Å². The second-order valence-corrected chi connectivity index (χ2v) is 14.6. The van der Waals surface area contributed by atoms with Gasteiger partial charge in [-0.3, -0.25) is 14.5 Å². The second kappa shape index (κ2) is 26.6. The van der Waals surface area contributed by atoms with Crippen LogP contribution in [-0.2, 0) is 33.8 Å². The minimum atomic E-state index is -1.86. The number of aliphatic hydroxyl groups is 9. The summed E-state index contributed by atoms with van der Waals surface area (Å²) >= 11 is 5.95. The molecule has 3 aromatic rings. The summed E-state index contributed by atoms with van der Waals surface area (Å²) < 4.78 is 20.7. The number of nitrogens with two attached hydrogens (primary N) is 2. The third-order valence-electron chi connectivity index (χ3n) is 9.86. The first kappa shape index (κ1) is 52.4. The van der Waals surface area contributed by atoms with Gasteiger partial charge < -0.3 is 82.3 Å². The van der Waals surface area contributed by atoms with Gasteiger partial charge in [-0.15, -0.1) is 0 Å². The number of anilines is 2. The molecule has 62 heavy (non-hydrogen) atoms. The largest absolute Gasteiger partial charge is 0.396 e. The van der Waals surface area contributed by atoms with E-state index in [-0.39, 0.29) is 107 Å². The summed E-state index contributed by atoms with van der Waals surface area (Å²) in [4.78, 5) is 35.2. The van der Waals surface area contributed by atoms with E-state index in [2.05, 4.69) is 20.6 Å². The van der Waals surface area contributed by atoms with Gasteiger partial charge in [-0.1, -0.05) is 11.6 Å². The van der Waals surface area contributed by atoms with Gasteiger partial charge >= 0.3 is 0 Å². The molecule has 0 saturated carbocycles. The van der Waals surface area contributed by atoms with Crippen molar-refractivity contribution in [1.82, 2.24) is 30.1 Å². The van der Waals surface area contributed by atoms with Crippen molar-refractivity contribution in [3.63, 3.8) is 0 Å². The molecular formula is C38H63ClN9O14+. The number of hydrogen-bond acceptors (Lipinski definition) is 19. The van der Waals surface area contributed by atoms with Crippen LogP contribution in [0.1, 0.15) is 46.9 Å². The van der Waals surface area contributed by atoms with E-state index < -0.39 is 61.8 Å². The Bertz CT molecular complexity index is 1850. The van der Waals surface area contributed by atoms with Gasteiger partial charge in [0.05, 0.1) is 77.6 Å². The maximum atomic E-state index is 13.1. The van der Waals surface area contributed by atoms with Gasteiger partial charge in [0.1, 0.15) is 31.0 Å². The van der Waals surface area contributed by atoms with Crippen LogP contribution >= 0.6 is 11.6 Å². The molecule has 0 radical (unpaired) electrons. The van der Waals surface area contributed by atoms with Crippen LogP contribution in [0.2, 0.25) is 5.15 Å². The minimum absolute atomic E-state index is 0.0503. The number of imidazole rings is 1. The molecule has 7 atom stereocenters. The summed E-state index contributed by atoms with van der Waals surface area (Å²) in [6.45, 7) is 4.63. The average molecular weight is 905 g/mol. The Morgan fingerprint density at radius 3 is 2.03 bits per heavy atom. The Balaban J connectivity index is 1.41. The van der Waals surface area contributed by atoms with Crippen LogP contribution in [0.15, 0.2) is 18.2 Å². The van der Waals surface area contributed by atoms with Crippen LogP contribution < -0.4 is 26.7 Å². The third-order valence-corrected chi connectivity index (χ3v) is 10.1. The Morgan fingerprint density at radius 2 is 1.42 bits per heavy atom. The SMILES string of the molecule is CCn1c(CNC(=O)c2nc(Cl)c(N)nc2N)[n+](CC)c2ccc(C(=O)NCCOCCOCCOCCN(C[C@H](O)[C@@H](O)[C@H](O)[C@H](O)CO)C[C@H](O)[C@@H](O)[C@H](O)CCO)cc21. The van der Waals surface area contributed by atoms with Gasteiger partial charge in [0.25, 0.3) is 17.6 Å². The van der Waals surface area contributed by atoms with Crippen LogP contribution in [0.4, 0.5) is 11.6 Å². The molecule has 2 aromatic heterocycles. The van der Waals surface area contributed by atoms with Crippen molar-refractivity contribution >= 4 is 46.1 Å². The van der Waals surface area contributed by atoms with E-state index in [0.29, 0.717) is 18.7 Å². The summed E-state index contributed by atoms with van der Waals surface area (Å²) in [5, 5.41) is 94.5. The van der Waals surface area contributed by atoms with E-state index in [1.165, 1.54) is 4.90 Å². The zero-order valence-electron chi connectivity index (χ0n) is 34.9. The van der Waals surface area contributed by atoms with Crippen LogP contribution in [0.25, 0.3) is 11.0 Å². The number of nitrogen functional groups attached to an aromatic ring is 2. The standard InChI is InChI=1S/C38H62ClN9O14/c1-3-47-23-6-5-22(17-24(23)48(4-2)29(47)18-43-38(59)30-35(40)45-36(41)34(39)44-30)37(58)42-8-11-60-13-15-62-16-14-61-12-9-46(19-26(52)31(55)25(51)7-10-49)20-27(53)32(56)33(57)28(54)21-50/h5-6,17,25-28,31-33,49-57H,3-4,7-16,18-21H2,1-2H3,(H5-,40,41,42,43,45,58,59)/p+1/t25-,26+,27+,28-,31+,32-,33-/m1/s1. The molecule has 0 bridgehead atoms. The molecule has 0 aliphatic heterocycles. The van der Waals surface area contributed by atoms with Crippen molar-refractivity contribution in [1.29, 1.82) is 0 Å². The topological polar surface area (TPSA) is 358 Å². The smallest absolute Gasteiger partial charge is 0.277 e. The molecule has 23 nitrogen and oxygen atoms in total. The molecule has 350 valence electrons. The molecule has 15 N–H and O–H groups in total. The predicted molar refractivity (Wildman–Crippen MR) is 223 cm³/mol. The molecule has 2 heterocycles. The fourth-order valence-electron chi connectivity index (χ4n) is 6.48. The first-order valence-electron chi connectivity index (χ1n) is 20.2. The van der Waals surface area contributed by atoms with Gasteiger partial charge in [0.2, 0.25) is 0 Å². The highest BCUT2D eigenvalue weighted by atomic mass is 35.5. The lowest BCUT2D eigenvalue weighted by Gasteiger charge is -2.33. The number of amides is 2. The van der Waals surface area contributed by atoms with Gasteiger partial charge in [0.15, 0.2) is 33.5 Å². The first-order chi connectivity index (χ1) is 29.6. The van der Waals surface area contributed by atoms with E-state index >= 15 is 0 Å². The highest BCUT2D eigenvalue weighted by Gasteiger charge is 2.33. The number of aromatic nitrogens is 4. The number of fused-ring (bicyclic) bond motifs is 1. The monoisotopic (exact) mass is 904 g/mol. The normalized spacial score (nSPS) is 15.3. The molecule has 0 unspecified atom stereocenters. The Kier molecular flexibility index (Phi) is 22.5. The van der Waals surface area contributed by atoms with Crippen molar-refractivity contribution in [2.75, 3.05) is 90.5 Å². The maximum absolute atomic E-state index is 13.1. The first-order valence-corrected chi connectivity index (χ1v) is 20.6. The van der Waals surface area contributed by atoms with Gasteiger partial charge in [-0.05, 0) is 32.4 Å². The summed E-state index contributed by atoms with van der Waals surface area (Å²) in [6, 6.07) is 5.36. The Hall–Kier alpha value is -3.92. The number of hydrogen-bond donors (Lipinski definition) is 13. The second-order valence-electron chi connectivity index (χ2n) is 14.2.